The summed E-state index contributed by atoms with van der Waals surface area (Å²) in [6.45, 7) is 3.83. The molecule has 5 N–H and O–H groups in total. The van der Waals surface area contributed by atoms with Crippen LogP contribution in [0.3, 0.4) is 0 Å². The number of aromatic nitrogens is 4. The first-order valence-corrected chi connectivity index (χ1v) is 17.4. The Hall–Kier alpha value is -6.50. The number of carboxylic acids is 3. The Labute approximate surface area is 343 Å². The number of piperazine rings is 1. The van der Waals surface area contributed by atoms with Crippen LogP contribution in [0.1, 0.15) is 16.7 Å². The third kappa shape index (κ3) is 16.9. The number of anilines is 4. The van der Waals surface area contributed by atoms with Gasteiger partial charge >= 0.3 is 36.4 Å². The van der Waals surface area contributed by atoms with Gasteiger partial charge < -0.3 is 35.6 Å². The van der Waals surface area contributed by atoms with Gasteiger partial charge in [0.1, 0.15) is 10.8 Å². The lowest BCUT2D eigenvalue weighted by Crippen LogP contribution is -2.49. The molecule has 1 fully saturated rings. The van der Waals surface area contributed by atoms with E-state index in [2.05, 4.69) is 41.5 Å². The molecule has 0 aliphatic carbocycles. The number of amides is 1. The highest BCUT2D eigenvalue weighted by Crippen LogP contribution is 2.30. The second kappa shape index (κ2) is 21.7. The van der Waals surface area contributed by atoms with Crippen molar-refractivity contribution in [3.05, 3.63) is 89.1 Å². The summed E-state index contributed by atoms with van der Waals surface area (Å²) in [5, 5.41) is 28.3. The Morgan fingerprint density at radius 3 is 1.90 bits per heavy atom. The largest absolute Gasteiger partial charge is 0.490 e. The molecule has 4 aromatic rings. The molecule has 6 rings (SSSR count). The number of alkyl halides is 9. The smallest absolute Gasteiger partial charge is 0.483 e. The van der Waals surface area contributed by atoms with E-state index < -0.39 is 36.4 Å². The lowest BCUT2D eigenvalue weighted by Gasteiger charge is -2.34. The topological polar surface area (TPSA) is 220 Å². The van der Waals surface area contributed by atoms with Gasteiger partial charge in [0.25, 0.3) is 5.91 Å². The van der Waals surface area contributed by atoms with Crippen molar-refractivity contribution in [2.75, 3.05) is 43.4 Å². The van der Waals surface area contributed by atoms with Crippen LogP contribution < -0.4 is 15.4 Å². The molecular formula is C35H32ClF9N8O8. The number of carbonyl (C=O) groups is 4. The van der Waals surface area contributed by atoms with Crippen molar-refractivity contribution in [3.63, 3.8) is 0 Å². The Morgan fingerprint density at radius 2 is 1.34 bits per heavy atom. The second-order valence-corrected chi connectivity index (χ2v) is 12.7. The van der Waals surface area contributed by atoms with Gasteiger partial charge in [-0.2, -0.15) is 44.5 Å². The lowest BCUT2D eigenvalue weighted by molar-refractivity contribution is -0.193. The number of hydrogen-bond donors (Lipinski definition) is 5. The second-order valence-electron chi connectivity index (χ2n) is 12.3. The standard InChI is InChI=1S/C29H29ClN8O2.3C2HF3O2/c30-25-17-33-29-35-24-12-20(14-32-16-24)3-4-22-13-23(34-28(25)36-29)5-6-26(22)40-19-27(39)38-10-8-37(9-11-38)18-21-2-1-7-31-15-21;3*3-2(4,5)1(6)7/h1-2,5-7,12-17H,3-4,8-11,18-19H2,(H2,33,34,35,36);3*(H,6,7). The highest BCUT2D eigenvalue weighted by molar-refractivity contribution is 6.32. The Kier molecular flexibility index (Phi) is 17.4. The van der Waals surface area contributed by atoms with E-state index in [4.69, 9.17) is 46.0 Å². The molecule has 330 valence electrons. The van der Waals surface area contributed by atoms with Gasteiger partial charge in [0.05, 0.1) is 18.1 Å². The summed E-state index contributed by atoms with van der Waals surface area (Å²) < 4.78 is 101. The van der Waals surface area contributed by atoms with E-state index in [9.17, 15) is 44.3 Å². The van der Waals surface area contributed by atoms with Gasteiger partial charge in [-0.3, -0.25) is 19.7 Å². The molecule has 0 saturated carbocycles. The number of nitrogens with zero attached hydrogens (tertiary/aromatic N) is 6. The number of halogens is 10. The van der Waals surface area contributed by atoms with Gasteiger partial charge in [0.15, 0.2) is 12.4 Å². The average molecular weight is 899 g/mol. The zero-order valence-electron chi connectivity index (χ0n) is 30.9. The number of benzene rings is 1. The first-order valence-electron chi connectivity index (χ1n) is 17.0. The first kappa shape index (κ1) is 48.9. The maximum Gasteiger partial charge on any atom is 0.490 e. The van der Waals surface area contributed by atoms with E-state index in [-0.39, 0.29) is 12.5 Å². The molecule has 3 aromatic heterocycles. The molecule has 16 nitrogen and oxygen atoms in total. The number of ether oxygens (including phenoxy) is 1. The number of carboxylic acid groups (broad SMARTS) is 3. The molecule has 0 spiro atoms. The van der Waals surface area contributed by atoms with Crippen molar-refractivity contribution in [2.45, 2.75) is 37.9 Å². The van der Waals surface area contributed by atoms with E-state index in [1.165, 1.54) is 5.56 Å². The van der Waals surface area contributed by atoms with Crippen LogP contribution in [-0.2, 0) is 38.6 Å². The zero-order valence-corrected chi connectivity index (χ0v) is 31.6. The number of nitrogens with one attached hydrogen (secondary N) is 2. The summed E-state index contributed by atoms with van der Waals surface area (Å²) in [4.78, 5) is 61.3. The predicted octanol–water partition coefficient (Wildman–Crippen LogP) is 6.13. The fourth-order valence-corrected chi connectivity index (χ4v) is 5.02. The van der Waals surface area contributed by atoms with Gasteiger partial charge in [0, 0.05) is 57.0 Å². The van der Waals surface area contributed by atoms with Crippen LogP contribution >= 0.6 is 11.6 Å². The van der Waals surface area contributed by atoms with Crippen molar-refractivity contribution >= 4 is 58.6 Å². The van der Waals surface area contributed by atoms with E-state index >= 15 is 0 Å². The highest BCUT2D eigenvalue weighted by Gasteiger charge is 2.39. The minimum atomic E-state index is -5.08. The third-order valence-electron chi connectivity index (χ3n) is 7.73. The third-order valence-corrected chi connectivity index (χ3v) is 8.01. The van der Waals surface area contributed by atoms with Crippen LogP contribution in [0.2, 0.25) is 5.02 Å². The molecule has 0 radical (unpaired) electrons. The fraction of sp³-hybridized carbons (Fsp3) is 0.314. The lowest BCUT2D eigenvalue weighted by atomic mass is 10.0. The number of fused-ring (bicyclic) bond motifs is 6. The molecule has 6 bridgehead atoms. The maximum atomic E-state index is 13.0. The van der Waals surface area contributed by atoms with Gasteiger partial charge in [-0.25, -0.2) is 19.4 Å². The molecule has 0 atom stereocenters. The number of pyridine rings is 2. The van der Waals surface area contributed by atoms with Crippen molar-refractivity contribution < 1.29 is 78.7 Å². The summed E-state index contributed by atoms with van der Waals surface area (Å²) >= 11 is 6.37. The van der Waals surface area contributed by atoms with Gasteiger partial charge in [-0.05, 0) is 59.9 Å². The summed E-state index contributed by atoms with van der Waals surface area (Å²) in [6.07, 6.45) is -5.00. The van der Waals surface area contributed by atoms with Crippen LogP contribution in [0.5, 0.6) is 5.75 Å². The number of carbonyl (C=O) groups excluding carboxylic acids is 1. The molecular weight excluding hydrogens is 867 g/mol. The van der Waals surface area contributed by atoms with Gasteiger partial charge in [-0.1, -0.05) is 17.7 Å². The van der Waals surface area contributed by atoms with Gasteiger partial charge in [0.2, 0.25) is 5.95 Å². The van der Waals surface area contributed by atoms with Crippen molar-refractivity contribution in [3.8, 4) is 5.75 Å². The molecule has 2 aliphatic heterocycles. The van der Waals surface area contributed by atoms with Gasteiger partial charge in [-0.15, -0.1) is 0 Å². The molecule has 61 heavy (non-hydrogen) atoms. The predicted molar refractivity (Wildman–Crippen MR) is 194 cm³/mol. The summed E-state index contributed by atoms with van der Waals surface area (Å²) in [7, 11) is 0. The van der Waals surface area contributed by atoms with E-state index in [0.29, 0.717) is 42.0 Å². The number of aliphatic carboxylic acids is 3. The molecule has 1 amide bonds. The summed E-state index contributed by atoms with van der Waals surface area (Å²) in [5.74, 6) is -6.70. The van der Waals surface area contributed by atoms with Crippen LogP contribution in [0, 0.1) is 0 Å². The Balaban J connectivity index is 0.000000390. The Morgan fingerprint density at radius 1 is 0.738 bits per heavy atom. The molecule has 26 heteroatoms. The monoisotopic (exact) mass is 898 g/mol. The fourth-order valence-electron chi connectivity index (χ4n) is 4.88. The van der Waals surface area contributed by atoms with Crippen molar-refractivity contribution in [2.24, 2.45) is 0 Å². The van der Waals surface area contributed by atoms with E-state index in [1.807, 2.05) is 47.6 Å². The minimum Gasteiger partial charge on any atom is -0.483 e. The normalized spacial score (nSPS) is 13.8. The summed E-state index contributed by atoms with van der Waals surface area (Å²) in [5.41, 5.74) is 4.82. The average Bonchev–Trinajstić information content (AvgIpc) is 3.18. The molecule has 1 saturated heterocycles. The minimum absolute atomic E-state index is 0.00948. The SMILES string of the molecule is O=C(COc1ccc2cc1CCc1cncc(c1)Nc1ncc(Cl)c(n1)N2)N1CCN(Cc2cccnc2)CC1.O=C(O)C(F)(F)F.O=C(O)C(F)(F)F.O=C(O)C(F)(F)F. The molecule has 5 heterocycles. The van der Waals surface area contributed by atoms with Crippen LogP contribution in [0.25, 0.3) is 0 Å². The summed E-state index contributed by atoms with van der Waals surface area (Å²) in [6, 6.07) is 11.8. The maximum absolute atomic E-state index is 13.0. The first-order chi connectivity index (χ1) is 28.4. The number of rotatable bonds is 5. The molecule has 0 unspecified atom stereocenters. The van der Waals surface area contributed by atoms with Crippen molar-refractivity contribution in [1.82, 2.24) is 29.7 Å². The quantitative estimate of drug-likeness (QED) is 0.142. The van der Waals surface area contributed by atoms with Crippen molar-refractivity contribution in [1.29, 1.82) is 0 Å². The van der Waals surface area contributed by atoms with E-state index in [1.54, 1.807) is 18.6 Å². The zero-order chi connectivity index (χ0) is 45.5. The molecule has 2 aliphatic rings. The number of hydrogen-bond acceptors (Lipinski definition) is 12. The highest BCUT2D eigenvalue weighted by atomic mass is 35.5. The van der Waals surface area contributed by atoms with E-state index in [0.717, 1.165) is 48.6 Å². The van der Waals surface area contributed by atoms with Crippen LogP contribution in [0.15, 0.2) is 67.4 Å². The van der Waals surface area contributed by atoms with Crippen LogP contribution in [-0.4, -0.2) is 120 Å². The Bertz CT molecular complexity index is 2070. The number of aryl methyl sites for hydroxylation is 2. The molecule has 1 aromatic carbocycles. The van der Waals surface area contributed by atoms with Crippen LogP contribution in [0.4, 0.5) is 62.7 Å².